The van der Waals surface area contributed by atoms with Gasteiger partial charge in [-0.15, -0.1) is 0 Å². The molecule has 0 saturated carbocycles. The Hall–Kier alpha value is -1.70. The highest BCUT2D eigenvalue weighted by Crippen LogP contribution is 2.13. The minimum atomic E-state index is 1.18. The highest BCUT2D eigenvalue weighted by atomic mass is 14.9. The van der Waals surface area contributed by atoms with Crippen LogP contribution in [0.5, 0.6) is 0 Å². The average Bonchev–Trinajstić information content (AvgIpc) is 2.87. The first-order valence-corrected chi connectivity index (χ1v) is 15.6. The lowest BCUT2D eigenvalue weighted by atomic mass is 10.0. The van der Waals surface area contributed by atoms with Gasteiger partial charge in [-0.05, 0) is 63.5 Å². The molecule has 0 saturated heterocycles. The van der Waals surface area contributed by atoms with Gasteiger partial charge in [0.15, 0.2) is 24.8 Å². The summed E-state index contributed by atoms with van der Waals surface area (Å²) in [7, 11) is 0. The van der Waals surface area contributed by atoms with Crippen LogP contribution in [0.1, 0.15) is 139 Å². The van der Waals surface area contributed by atoms with Gasteiger partial charge in [-0.2, -0.15) is 0 Å². The van der Waals surface area contributed by atoms with E-state index in [1.807, 2.05) is 0 Å². The van der Waals surface area contributed by atoms with E-state index < -0.39 is 0 Å². The topological polar surface area (TPSA) is 7.76 Å². The molecular formula is C34H58N2+2. The summed E-state index contributed by atoms with van der Waals surface area (Å²) in [5.41, 5.74) is 6.02. The van der Waals surface area contributed by atoms with Crippen LogP contribution >= 0.6 is 0 Å². The lowest BCUT2D eigenvalue weighted by Gasteiger charge is -2.05. The molecule has 202 valence electrons. The van der Waals surface area contributed by atoms with Crippen molar-refractivity contribution in [3.05, 3.63) is 59.2 Å². The van der Waals surface area contributed by atoms with Gasteiger partial charge in [-0.1, -0.05) is 78.1 Å². The molecule has 36 heavy (non-hydrogen) atoms. The fourth-order valence-corrected chi connectivity index (χ4v) is 5.36. The molecule has 2 nitrogen and oxygen atoms in total. The minimum Gasteiger partial charge on any atom is -0.205 e. The summed E-state index contributed by atoms with van der Waals surface area (Å²) in [6, 6.07) is 4.71. The van der Waals surface area contributed by atoms with Crippen molar-refractivity contribution in [3.8, 4) is 0 Å². The minimum absolute atomic E-state index is 1.18. The molecule has 0 aliphatic carbocycles. The van der Waals surface area contributed by atoms with E-state index >= 15 is 0 Å². The van der Waals surface area contributed by atoms with Gasteiger partial charge < -0.3 is 0 Å². The first-order chi connectivity index (χ1) is 17.6. The maximum absolute atomic E-state index is 2.40. The fraction of sp³-hybridized carbons (Fsp3) is 0.706. The lowest BCUT2D eigenvalue weighted by Crippen LogP contribution is -2.33. The Balaban J connectivity index is 1.43. The van der Waals surface area contributed by atoms with Crippen LogP contribution in [-0.2, 0) is 25.9 Å². The van der Waals surface area contributed by atoms with Crippen LogP contribution in [0, 0.1) is 13.8 Å². The van der Waals surface area contributed by atoms with Crippen molar-refractivity contribution in [2.45, 2.75) is 156 Å². The van der Waals surface area contributed by atoms with Crippen LogP contribution < -0.4 is 9.13 Å². The maximum atomic E-state index is 2.40. The Kier molecular flexibility index (Phi) is 16.5. The number of unbranched alkanes of at least 4 members (excludes halogenated alkanes) is 13. The predicted octanol–water partition coefficient (Wildman–Crippen LogP) is 8.95. The highest BCUT2D eigenvalue weighted by Gasteiger charge is 2.07. The monoisotopic (exact) mass is 494 g/mol. The normalized spacial score (nSPS) is 11.3. The third-order valence-electron chi connectivity index (χ3n) is 7.85. The number of nitrogens with zero attached hydrogens (tertiary/aromatic N) is 2. The van der Waals surface area contributed by atoms with Crippen molar-refractivity contribution in [2.24, 2.45) is 0 Å². The standard InChI is InChI=1S/C34H58N2/c1-5-7-17-21-33-23-27-35(29-31(33)3)25-19-15-13-11-9-10-12-14-16-20-26-36-28-24-34(32(4)30-36)22-18-8-6-2/h23-24,27-30H,5-22,25-26H2,1-4H3/q+2. The summed E-state index contributed by atoms with van der Waals surface area (Å²) in [5, 5.41) is 0. The molecule has 2 rings (SSSR count). The third kappa shape index (κ3) is 13.0. The van der Waals surface area contributed by atoms with Crippen molar-refractivity contribution >= 4 is 0 Å². The smallest absolute Gasteiger partial charge is 0.171 e. The number of pyridine rings is 2. The molecule has 0 aromatic carbocycles. The van der Waals surface area contributed by atoms with Gasteiger partial charge in [-0.3, -0.25) is 0 Å². The molecule has 0 atom stereocenters. The summed E-state index contributed by atoms with van der Waals surface area (Å²) in [5.74, 6) is 0. The summed E-state index contributed by atoms with van der Waals surface area (Å²) in [4.78, 5) is 0. The summed E-state index contributed by atoms with van der Waals surface area (Å²) in [6.45, 7) is 11.5. The van der Waals surface area contributed by atoms with E-state index in [4.69, 9.17) is 0 Å². The molecule has 2 heterocycles. The van der Waals surface area contributed by atoms with E-state index in [0.29, 0.717) is 0 Å². The summed E-state index contributed by atoms with van der Waals surface area (Å²) >= 11 is 0. The second-order valence-electron chi connectivity index (χ2n) is 11.2. The molecule has 0 aliphatic heterocycles. The number of aryl methyl sites for hydroxylation is 6. The van der Waals surface area contributed by atoms with E-state index in [1.165, 1.54) is 140 Å². The van der Waals surface area contributed by atoms with Crippen molar-refractivity contribution in [1.29, 1.82) is 0 Å². The molecule has 0 unspecified atom stereocenters. The molecular weight excluding hydrogens is 436 g/mol. The zero-order valence-corrected chi connectivity index (χ0v) is 24.5. The van der Waals surface area contributed by atoms with Crippen molar-refractivity contribution in [2.75, 3.05) is 0 Å². The fourth-order valence-electron chi connectivity index (χ4n) is 5.36. The van der Waals surface area contributed by atoms with Gasteiger partial charge in [0.05, 0.1) is 0 Å². The van der Waals surface area contributed by atoms with Crippen LogP contribution in [0.4, 0.5) is 0 Å². The molecule has 0 spiro atoms. The molecule has 2 heteroatoms. The van der Waals surface area contributed by atoms with Gasteiger partial charge in [0.1, 0.15) is 13.1 Å². The molecule has 0 aliphatic rings. The van der Waals surface area contributed by atoms with Gasteiger partial charge in [0, 0.05) is 36.1 Å². The molecule has 0 bridgehead atoms. The second-order valence-corrected chi connectivity index (χ2v) is 11.2. The predicted molar refractivity (Wildman–Crippen MR) is 155 cm³/mol. The quantitative estimate of drug-likeness (QED) is 0.121. The van der Waals surface area contributed by atoms with Gasteiger partial charge in [0.2, 0.25) is 0 Å². The number of hydrogen-bond donors (Lipinski definition) is 0. The van der Waals surface area contributed by atoms with E-state index in [-0.39, 0.29) is 0 Å². The summed E-state index contributed by atoms with van der Waals surface area (Å²) in [6.07, 6.45) is 33.6. The zero-order valence-electron chi connectivity index (χ0n) is 24.5. The van der Waals surface area contributed by atoms with Crippen LogP contribution in [0.3, 0.4) is 0 Å². The van der Waals surface area contributed by atoms with Crippen molar-refractivity contribution in [1.82, 2.24) is 0 Å². The molecule has 2 aromatic heterocycles. The molecule has 0 fully saturated rings. The Morgan fingerprint density at radius 3 is 1.17 bits per heavy atom. The van der Waals surface area contributed by atoms with Gasteiger partial charge >= 0.3 is 0 Å². The average molecular weight is 495 g/mol. The highest BCUT2D eigenvalue weighted by molar-refractivity contribution is 5.20. The van der Waals surface area contributed by atoms with Gasteiger partial charge in [0.25, 0.3) is 0 Å². The van der Waals surface area contributed by atoms with Crippen LogP contribution in [0.25, 0.3) is 0 Å². The molecule has 0 amide bonds. The van der Waals surface area contributed by atoms with E-state index in [1.54, 1.807) is 11.1 Å². The Labute approximate surface area is 224 Å². The maximum Gasteiger partial charge on any atom is 0.171 e. The Bertz CT molecular complexity index is 756. The third-order valence-corrected chi connectivity index (χ3v) is 7.85. The first kappa shape index (κ1) is 30.5. The second kappa shape index (κ2) is 19.4. The van der Waals surface area contributed by atoms with E-state index in [2.05, 4.69) is 73.7 Å². The first-order valence-electron chi connectivity index (χ1n) is 15.6. The van der Waals surface area contributed by atoms with Crippen molar-refractivity contribution < 1.29 is 9.13 Å². The Morgan fingerprint density at radius 1 is 0.472 bits per heavy atom. The van der Waals surface area contributed by atoms with Crippen LogP contribution in [0.15, 0.2) is 36.9 Å². The summed E-state index contributed by atoms with van der Waals surface area (Å²) < 4.78 is 4.81. The molecule has 0 radical (unpaired) electrons. The number of rotatable bonds is 21. The largest absolute Gasteiger partial charge is 0.205 e. The van der Waals surface area contributed by atoms with Gasteiger partial charge in [-0.25, -0.2) is 9.13 Å². The zero-order chi connectivity index (χ0) is 25.8. The SMILES string of the molecule is CCCCCc1cc[n+](CCCCCCCCCCCC[n+]2ccc(CCCCC)c(C)c2)cc1C. The van der Waals surface area contributed by atoms with Crippen molar-refractivity contribution in [3.63, 3.8) is 0 Å². The number of hydrogen-bond acceptors (Lipinski definition) is 0. The molecule has 0 N–H and O–H groups in total. The van der Waals surface area contributed by atoms with Crippen LogP contribution in [0.2, 0.25) is 0 Å². The molecule has 2 aromatic rings. The lowest BCUT2D eigenvalue weighted by molar-refractivity contribution is -0.697. The van der Waals surface area contributed by atoms with E-state index in [9.17, 15) is 0 Å². The Morgan fingerprint density at radius 2 is 0.833 bits per heavy atom. The van der Waals surface area contributed by atoms with Crippen LogP contribution in [-0.4, -0.2) is 0 Å². The number of aromatic nitrogens is 2. The van der Waals surface area contributed by atoms with E-state index in [0.717, 1.165) is 0 Å².